The zero-order chi connectivity index (χ0) is 14.7. The predicted octanol–water partition coefficient (Wildman–Crippen LogP) is 0.785. The van der Waals surface area contributed by atoms with Crippen LogP contribution in [0.3, 0.4) is 0 Å². The van der Waals surface area contributed by atoms with Crippen LogP contribution in [0.15, 0.2) is 29.2 Å². The molecule has 1 N–H and O–H groups in total. The van der Waals surface area contributed by atoms with Gasteiger partial charge in [0.2, 0.25) is 0 Å². The molecule has 19 heavy (non-hydrogen) atoms. The van der Waals surface area contributed by atoms with Crippen LogP contribution in [0, 0.1) is 0 Å². The van der Waals surface area contributed by atoms with Crippen molar-refractivity contribution >= 4 is 19.7 Å². The lowest BCUT2D eigenvalue weighted by atomic mass is 10.1. The molecule has 0 spiro atoms. The van der Waals surface area contributed by atoms with Gasteiger partial charge >= 0.3 is 0 Å². The summed E-state index contributed by atoms with van der Waals surface area (Å²) in [6, 6.07) is 6.38. The fraction of sp³-hybridized carbons (Fsp3) is 0.500. The van der Waals surface area contributed by atoms with Gasteiger partial charge in [-0.05, 0) is 31.2 Å². The molecule has 5 nitrogen and oxygen atoms in total. The van der Waals surface area contributed by atoms with Crippen LogP contribution in [-0.4, -0.2) is 42.1 Å². The fourth-order valence-corrected chi connectivity index (χ4v) is 3.11. The quantitative estimate of drug-likeness (QED) is 0.840. The van der Waals surface area contributed by atoms with Crippen molar-refractivity contribution in [1.29, 1.82) is 0 Å². The van der Waals surface area contributed by atoms with Gasteiger partial charge in [-0.15, -0.1) is 0 Å². The topological polar surface area (TPSA) is 80.3 Å². The summed E-state index contributed by atoms with van der Waals surface area (Å²) in [5, 5.41) is 3.01. The first-order valence-electron chi connectivity index (χ1n) is 5.78. The second kappa shape index (κ2) is 6.02. The molecule has 0 aliphatic rings. The Morgan fingerprint density at radius 1 is 1.16 bits per heavy atom. The molecule has 7 heteroatoms. The molecule has 0 saturated carbocycles. The monoisotopic (exact) mass is 305 g/mol. The van der Waals surface area contributed by atoms with E-state index in [1.54, 1.807) is 25.2 Å². The van der Waals surface area contributed by atoms with E-state index in [9.17, 15) is 16.8 Å². The lowest BCUT2D eigenvalue weighted by molar-refractivity contribution is 0.557. The minimum atomic E-state index is -3.26. The normalized spacial score (nSPS) is 14.3. The molecule has 0 saturated heterocycles. The Hall–Kier alpha value is -0.920. The van der Waals surface area contributed by atoms with Gasteiger partial charge in [-0.2, -0.15) is 0 Å². The maximum atomic E-state index is 11.5. The molecule has 0 bridgehead atoms. The van der Waals surface area contributed by atoms with E-state index in [4.69, 9.17) is 0 Å². The van der Waals surface area contributed by atoms with Crippen LogP contribution in [-0.2, 0) is 19.7 Å². The van der Waals surface area contributed by atoms with Gasteiger partial charge in [-0.25, -0.2) is 16.8 Å². The molecule has 1 unspecified atom stereocenters. The summed E-state index contributed by atoms with van der Waals surface area (Å²) in [5.74, 6) is 0.0572. The Morgan fingerprint density at radius 2 is 1.79 bits per heavy atom. The smallest absolute Gasteiger partial charge is 0.175 e. The van der Waals surface area contributed by atoms with Gasteiger partial charge in [0.05, 0.1) is 10.6 Å². The third-order valence-corrected chi connectivity index (χ3v) is 4.90. The SMILES string of the molecule is CNC(CCS(C)(=O)=O)c1cccc(S(C)(=O)=O)c1. The molecular formula is C12H19NO4S2. The Kier molecular flexibility index (Phi) is 5.11. The molecule has 0 aliphatic carbocycles. The number of sulfone groups is 2. The van der Waals surface area contributed by atoms with E-state index >= 15 is 0 Å². The van der Waals surface area contributed by atoms with E-state index in [0.717, 1.165) is 11.8 Å². The van der Waals surface area contributed by atoms with Gasteiger partial charge < -0.3 is 5.32 Å². The summed E-state index contributed by atoms with van der Waals surface area (Å²) in [5.41, 5.74) is 0.772. The summed E-state index contributed by atoms with van der Waals surface area (Å²) >= 11 is 0. The molecule has 1 rings (SSSR count). The standard InChI is InChI=1S/C12H19NO4S2/c1-13-12(7-8-18(2,14)15)10-5-4-6-11(9-10)19(3,16)17/h4-6,9,12-13H,7-8H2,1-3H3. The van der Waals surface area contributed by atoms with E-state index in [1.807, 2.05) is 0 Å². The van der Waals surface area contributed by atoms with E-state index < -0.39 is 19.7 Å². The minimum absolute atomic E-state index is 0.0572. The Morgan fingerprint density at radius 3 is 2.26 bits per heavy atom. The molecule has 108 valence electrons. The van der Waals surface area contributed by atoms with Crippen LogP contribution >= 0.6 is 0 Å². The van der Waals surface area contributed by atoms with Crippen LogP contribution in [0.25, 0.3) is 0 Å². The maximum Gasteiger partial charge on any atom is 0.175 e. The van der Waals surface area contributed by atoms with Crippen molar-refractivity contribution in [3.63, 3.8) is 0 Å². The Bertz CT molecular complexity index is 635. The Labute approximate surface area is 114 Å². The molecule has 1 aromatic rings. The highest BCUT2D eigenvalue weighted by atomic mass is 32.2. The van der Waals surface area contributed by atoms with Crippen molar-refractivity contribution in [2.75, 3.05) is 25.3 Å². The number of nitrogens with one attached hydrogen (secondary N) is 1. The molecule has 0 heterocycles. The zero-order valence-electron chi connectivity index (χ0n) is 11.3. The largest absolute Gasteiger partial charge is 0.313 e. The van der Waals surface area contributed by atoms with Crippen molar-refractivity contribution < 1.29 is 16.8 Å². The van der Waals surface area contributed by atoms with Gasteiger partial charge in [0.15, 0.2) is 9.84 Å². The van der Waals surface area contributed by atoms with Crippen molar-refractivity contribution in [2.45, 2.75) is 17.4 Å². The first-order chi connectivity index (χ1) is 8.63. The van der Waals surface area contributed by atoms with Crippen LogP contribution in [0.2, 0.25) is 0 Å². The third kappa shape index (κ3) is 5.30. The zero-order valence-corrected chi connectivity index (χ0v) is 12.9. The highest BCUT2D eigenvalue weighted by molar-refractivity contribution is 7.91. The van der Waals surface area contributed by atoms with Crippen LogP contribution < -0.4 is 5.32 Å². The van der Waals surface area contributed by atoms with Crippen LogP contribution in [0.5, 0.6) is 0 Å². The molecule has 0 amide bonds. The summed E-state index contributed by atoms with van der Waals surface area (Å²) in [6.07, 6.45) is 2.74. The first kappa shape index (κ1) is 16.1. The summed E-state index contributed by atoms with van der Waals surface area (Å²) in [4.78, 5) is 0.240. The van der Waals surface area contributed by atoms with Gasteiger partial charge in [0.1, 0.15) is 9.84 Å². The highest BCUT2D eigenvalue weighted by Crippen LogP contribution is 2.20. The van der Waals surface area contributed by atoms with E-state index in [1.165, 1.54) is 12.3 Å². The van der Waals surface area contributed by atoms with Gasteiger partial charge in [-0.1, -0.05) is 12.1 Å². The van der Waals surface area contributed by atoms with Crippen molar-refractivity contribution in [1.82, 2.24) is 5.32 Å². The predicted molar refractivity (Wildman–Crippen MR) is 75.7 cm³/mol. The summed E-state index contributed by atoms with van der Waals surface area (Å²) < 4.78 is 45.4. The summed E-state index contributed by atoms with van der Waals surface area (Å²) in [7, 11) is -4.57. The van der Waals surface area contributed by atoms with Gasteiger partial charge in [0, 0.05) is 18.6 Å². The lowest BCUT2D eigenvalue weighted by Crippen LogP contribution is -2.20. The molecular weight excluding hydrogens is 286 g/mol. The molecule has 0 fully saturated rings. The van der Waals surface area contributed by atoms with Crippen LogP contribution in [0.4, 0.5) is 0 Å². The number of hydrogen-bond acceptors (Lipinski definition) is 5. The average molecular weight is 305 g/mol. The summed E-state index contributed by atoms with van der Waals surface area (Å²) in [6.45, 7) is 0. The molecule has 1 atom stereocenters. The second-order valence-corrected chi connectivity index (χ2v) is 8.88. The third-order valence-electron chi connectivity index (χ3n) is 2.81. The number of benzene rings is 1. The van der Waals surface area contributed by atoms with Gasteiger partial charge in [-0.3, -0.25) is 0 Å². The lowest BCUT2D eigenvalue weighted by Gasteiger charge is -2.16. The molecule has 0 radical (unpaired) electrons. The average Bonchev–Trinajstić information content (AvgIpc) is 2.27. The van der Waals surface area contributed by atoms with Crippen molar-refractivity contribution in [3.05, 3.63) is 29.8 Å². The minimum Gasteiger partial charge on any atom is -0.313 e. The number of hydrogen-bond donors (Lipinski definition) is 1. The molecule has 1 aromatic carbocycles. The van der Waals surface area contributed by atoms with E-state index in [-0.39, 0.29) is 16.7 Å². The van der Waals surface area contributed by atoms with Crippen LogP contribution in [0.1, 0.15) is 18.0 Å². The van der Waals surface area contributed by atoms with Crippen molar-refractivity contribution in [2.24, 2.45) is 0 Å². The van der Waals surface area contributed by atoms with Gasteiger partial charge in [0.25, 0.3) is 0 Å². The van der Waals surface area contributed by atoms with Crippen molar-refractivity contribution in [3.8, 4) is 0 Å². The fourth-order valence-electron chi connectivity index (χ4n) is 1.77. The first-order valence-corrected chi connectivity index (χ1v) is 9.73. The molecule has 0 aromatic heterocycles. The van der Waals surface area contributed by atoms with E-state index in [2.05, 4.69) is 5.32 Å². The molecule has 0 aliphatic heterocycles. The Balaban J connectivity index is 3.00. The maximum absolute atomic E-state index is 11.5. The highest BCUT2D eigenvalue weighted by Gasteiger charge is 2.15. The second-order valence-electron chi connectivity index (χ2n) is 4.60. The van der Waals surface area contributed by atoms with E-state index in [0.29, 0.717) is 6.42 Å². The number of rotatable bonds is 6.